The Morgan fingerprint density at radius 3 is 2.25 bits per heavy atom. The largest absolute Gasteiger partial charge is 0.496 e. The molecule has 20 heavy (non-hydrogen) atoms. The third-order valence-electron chi connectivity index (χ3n) is 3.43. The van der Waals surface area contributed by atoms with E-state index in [9.17, 15) is 4.79 Å². The molecule has 0 aromatic heterocycles. The van der Waals surface area contributed by atoms with Gasteiger partial charge in [0.05, 0.1) is 19.2 Å². The molecule has 0 saturated heterocycles. The Bertz CT molecular complexity index is 396. The summed E-state index contributed by atoms with van der Waals surface area (Å²) in [4.78, 5) is 14.7. The van der Waals surface area contributed by atoms with Crippen LogP contribution in [-0.2, 0) is 0 Å². The molecule has 1 rings (SSSR count). The molecule has 0 aliphatic carbocycles. The summed E-state index contributed by atoms with van der Waals surface area (Å²) in [6.07, 6.45) is 4.60. The number of Topliss-reactive ketones (excluding diaryl/α,β-unsaturated/α-hetero) is 1. The van der Waals surface area contributed by atoms with Crippen LogP contribution in [0.4, 0.5) is 0 Å². The lowest BCUT2D eigenvalue weighted by molar-refractivity contribution is 0.0925. The molecule has 0 spiro atoms. The summed E-state index contributed by atoms with van der Waals surface area (Å²) in [6, 6.07) is 7.47. The Kier molecular flexibility index (Phi) is 7.97. The van der Waals surface area contributed by atoms with Gasteiger partial charge in [0.1, 0.15) is 5.75 Å². The van der Waals surface area contributed by atoms with E-state index in [0.29, 0.717) is 17.9 Å². The van der Waals surface area contributed by atoms with Gasteiger partial charge in [0.25, 0.3) is 0 Å². The molecule has 0 radical (unpaired) electrons. The number of carbonyl (C=O) groups excluding carboxylic acids is 1. The van der Waals surface area contributed by atoms with E-state index in [1.54, 1.807) is 7.11 Å². The Labute approximate surface area is 122 Å². The van der Waals surface area contributed by atoms with Gasteiger partial charge in [-0.1, -0.05) is 38.8 Å². The molecule has 0 aliphatic rings. The van der Waals surface area contributed by atoms with Crippen molar-refractivity contribution >= 4 is 5.78 Å². The smallest absolute Gasteiger partial charge is 0.180 e. The first-order valence-corrected chi connectivity index (χ1v) is 7.61. The number of benzene rings is 1. The highest BCUT2D eigenvalue weighted by Crippen LogP contribution is 2.18. The molecule has 0 fully saturated rings. The highest BCUT2D eigenvalue weighted by atomic mass is 16.5. The third-order valence-corrected chi connectivity index (χ3v) is 3.43. The Balaban J connectivity index is 2.68. The number of hydrogen-bond donors (Lipinski definition) is 0. The number of rotatable bonds is 10. The Hall–Kier alpha value is -1.35. The Morgan fingerprint density at radius 1 is 1.10 bits per heavy atom. The number of ketones is 1. The van der Waals surface area contributed by atoms with Crippen LogP contribution in [-0.4, -0.2) is 37.4 Å². The average Bonchev–Trinajstić information content (AvgIpc) is 2.49. The number of ether oxygens (including phenoxy) is 1. The van der Waals surface area contributed by atoms with Crippen molar-refractivity contribution in [2.24, 2.45) is 0 Å². The van der Waals surface area contributed by atoms with Crippen LogP contribution in [0.5, 0.6) is 5.75 Å². The predicted octanol–water partition coefficient (Wildman–Crippen LogP) is 3.78. The number of hydrogen-bond acceptors (Lipinski definition) is 3. The van der Waals surface area contributed by atoms with Crippen LogP contribution in [0.25, 0.3) is 0 Å². The SMILES string of the molecule is CCCCN(CCCC)CC(=O)c1ccccc1OC. The van der Waals surface area contributed by atoms with Crippen LogP contribution in [0, 0.1) is 0 Å². The highest BCUT2D eigenvalue weighted by molar-refractivity contribution is 6.00. The van der Waals surface area contributed by atoms with Crippen molar-refractivity contribution in [3.05, 3.63) is 29.8 Å². The number of nitrogens with zero attached hydrogens (tertiary/aromatic N) is 1. The Morgan fingerprint density at radius 2 is 1.70 bits per heavy atom. The molecular weight excluding hydrogens is 250 g/mol. The minimum Gasteiger partial charge on any atom is -0.496 e. The van der Waals surface area contributed by atoms with E-state index < -0.39 is 0 Å². The average molecular weight is 277 g/mol. The van der Waals surface area contributed by atoms with Gasteiger partial charge >= 0.3 is 0 Å². The molecule has 0 saturated carbocycles. The van der Waals surface area contributed by atoms with Gasteiger partial charge in [-0.05, 0) is 38.1 Å². The normalized spacial score (nSPS) is 10.8. The number of para-hydroxylation sites is 1. The molecule has 0 aliphatic heterocycles. The van der Waals surface area contributed by atoms with E-state index in [0.717, 1.165) is 38.8 Å². The van der Waals surface area contributed by atoms with Gasteiger partial charge < -0.3 is 4.74 Å². The van der Waals surface area contributed by atoms with Crippen LogP contribution >= 0.6 is 0 Å². The van der Waals surface area contributed by atoms with Crippen molar-refractivity contribution in [3.8, 4) is 5.75 Å². The molecule has 1 aromatic carbocycles. The van der Waals surface area contributed by atoms with Gasteiger partial charge in [0.2, 0.25) is 0 Å². The zero-order valence-electron chi connectivity index (χ0n) is 13.0. The topological polar surface area (TPSA) is 29.5 Å². The highest BCUT2D eigenvalue weighted by Gasteiger charge is 2.15. The van der Waals surface area contributed by atoms with Crippen molar-refractivity contribution in [2.75, 3.05) is 26.7 Å². The molecule has 0 unspecified atom stereocenters. The van der Waals surface area contributed by atoms with Gasteiger partial charge in [0.15, 0.2) is 5.78 Å². The molecule has 1 aromatic rings. The summed E-state index contributed by atoms with van der Waals surface area (Å²) >= 11 is 0. The maximum atomic E-state index is 12.4. The molecular formula is C17H27NO2. The fourth-order valence-electron chi connectivity index (χ4n) is 2.20. The lowest BCUT2D eigenvalue weighted by Crippen LogP contribution is -2.32. The first-order valence-electron chi connectivity index (χ1n) is 7.61. The van der Waals surface area contributed by atoms with E-state index in [4.69, 9.17) is 4.74 Å². The third kappa shape index (κ3) is 5.33. The molecule has 0 atom stereocenters. The minimum atomic E-state index is 0.148. The van der Waals surface area contributed by atoms with Crippen LogP contribution < -0.4 is 4.74 Å². The second kappa shape index (κ2) is 9.54. The van der Waals surface area contributed by atoms with Crippen molar-refractivity contribution in [3.63, 3.8) is 0 Å². The lowest BCUT2D eigenvalue weighted by Gasteiger charge is -2.21. The molecule has 3 nitrogen and oxygen atoms in total. The van der Waals surface area contributed by atoms with Crippen molar-refractivity contribution in [1.82, 2.24) is 4.90 Å². The summed E-state index contributed by atoms with van der Waals surface area (Å²) in [5.74, 6) is 0.818. The fourth-order valence-corrected chi connectivity index (χ4v) is 2.20. The minimum absolute atomic E-state index is 0.148. The number of unbranched alkanes of at least 4 members (excludes halogenated alkanes) is 2. The zero-order chi connectivity index (χ0) is 14.8. The van der Waals surface area contributed by atoms with Crippen molar-refractivity contribution in [1.29, 1.82) is 0 Å². The van der Waals surface area contributed by atoms with E-state index in [1.165, 1.54) is 0 Å². The maximum Gasteiger partial charge on any atom is 0.180 e. The summed E-state index contributed by atoms with van der Waals surface area (Å²) in [5.41, 5.74) is 0.688. The molecule has 0 heterocycles. The van der Waals surface area contributed by atoms with Gasteiger partial charge in [-0.15, -0.1) is 0 Å². The zero-order valence-corrected chi connectivity index (χ0v) is 13.0. The van der Waals surface area contributed by atoms with E-state index in [1.807, 2.05) is 24.3 Å². The summed E-state index contributed by atoms with van der Waals surface area (Å²) in [5, 5.41) is 0. The first-order chi connectivity index (χ1) is 9.72. The first kappa shape index (κ1) is 16.7. The van der Waals surface area contributed by atoms with Crippen LogP contribution in [0.2, 0.25) is 0 Å². The maximum absolute atomic E-state index is 12.4. The molecule has 3 heteroatoms. The van der Waals surface area contributed by atoms with Gasteiger partial charge in [-0.25, -0.2) is 0 Å². The van der Waals surface area contributed by atoms with Crippen molar-refractivity contribution in [2.45, 2.75) is 39.5 Å². The molecule has 0 N–H and O–H groups in total. The number of methoxy groups -OCH3 is 1. The van der Waals surface area contributed by atoms with E-state index in [-0.39, 0.29) is 5.78 Å². The molecule has 112 valence electrons. The molecule has 0 amide bonds. The second-order valence-corrected chi connectivity index (χ2v) is 5.11. The number of carbonyl (C=O) groups is 1. The van der Waals surface area contributed by atoms with Crippen molar-refractivity contribution < 1.29 is 9.53 Å². The van der Waals surface area contributed by atoms with Crippen LogP contribution in [0.15, 0.2) is 24.3 Å². The fraction of sp³-hybridized carbons (Fsp3) is 0.588. The van der Waals surface area contributed by atoms with Crippen LogP contribution in [0.1, 0.15) is 49.9 Å². The predicted molar refractivity (Wildman–Crippen MR) is 83.6 cm³/mol. The van der Waals surface area contributed by atoms with Gasteiger partial charge in [0, 0.05) is 0 Å². The molecule has 0 bridgehead atoms. The quantitative estimate of drug-likeness (QED) is 0.610. The lowest BCUT2D eigenvalue weighted by atomic mass is 10.1. The second-order valence-electron chi connectivity index (χ2n) is 5.11. The van der Waals surface area contributed by atoms with Gasteiger partial charge in [-0.2, -0.15) is 0 Å². The monoisotopic (exact) mass is 277 g/mol. The summed E-state index contributed by atoms with van der Waals surface area (Å²) in [7, 11) is 1.61. The standard InChI is InChI=1S/C17H27NO2/c1-4-6-12-18(13-7-5-2)14-16(19)15-10-8-9-11-17(15)20-3/h8-11H,4-7,12-14H2,1-3H3. The van der Waals surface area contributed by atoms with E-state index >= 15 is 0 Å². The van der Waals surface area contributed by atoms with Gasteiger partial charge in [-0.3, -0.25) is 9.69 Å². The summed E-state index contributed by atoms with van der Waals surface area (Å²) < 4.78 is 5.27. The van der Waals surface area contributed by atoms with E-state index in [2.05, 4.69) is 18.7 Å². The van der Waals surface area contributed by atoms with Crippen LogP contribution in [0.3, 0.4) is 0 Å². The summed E-state index contributed by atoms with van der Waals surface area (Å²) in [6.45, 7) is 6.84.